The molecule has 2 rings (SSSR count). The molecule has 21 heavy (non-hydrogen) atoms. The van der Waals surface area contributed by atoms with Crippen LogP contribution in [0.25, 0.3) is 11.1 Å². The summed E-state index contributed by atoms with van der Waals surface area (Å²) in [6.45, 7) is 0. The zero-order valence-electron chi connectivity index (χ0n) is 10.1. The van der Waals surface area contributed by atoms with E-state index in [1.54, 1.807) is 0 Å². The number of pyridine rings is 1. The van der Waals surface area contributed by atoms with Crippen LogP contribution in [0.3, 0.4) is 0 Å². The maximum atomic E-state index is 12.9. The van der Waals surface area contributed by atoms with E-state index in [0.717, 1.165) is 18.2 Å². The third kappa shape index (κ3) is 3.14. The van der Waals surface area contributed by atoms with E-state index in [-0.39, 0.29) is 0 Å². The molecule has 0 saturated heterocycles. The van der Waals surface area contributed by atoms with Crippen molar-refractivity contribution in [3.63, 3.8) is 0 Å². The highest BCUT2D eigenvalue weighted by Crippen LogP contribution is 2.41. The average molecular weight is 309 g/mol. The molecule has 8 heteroatoms. The topological polar surface area (TPSA) is 12.9 Å². The summed E-state index contributed by atoms with van der Waals surface area (Å²) in [5, 5.41) is 0. The summed E-state index contributed by atoms with van der Waals surface area (Å²) in [4.78, 5) is 2.68. The number of hydrogen-bond acceptors (Lipinski definition) is 1. The Kier molecular flexibility index (Phi) is 3.65. The highest BCUT2D eigenvalue weighted by atomic mass is 19.4. The summed E-state index contributed by atoms with van der Waals surface area (Å²) in [6.07, 6.45) is -9.91. The molecule has 1 aromatic heterocycles. The van der Waals surface area contributed by atoms with E-state index < -0.39 is 40.7 Å². The second kappa shape index (κ2) is 5.01. The molecule has 0 N–H and O–H groups in total. The number of hydrogen-bond donors (Lipinski definition) is 0. The van der Waals surface area contributed by atoms with Crippen molar-refractivity contribution < 1.29 is 30.7 Å². The van der Waals surface area contributed by atoms with E-state index in [2.05, 4.69) is 4.98 Å². The van der Waals surface area contributed by atoms with Crippen LogP contribution in [-0.4, -0.2) is 4.98 Å². The third-order valence-electron chi connectivity index (χ3n) is 2.65. The lowest BCUT2D eigenvalue weighted by molar-refractivity contribution is -0.142. The van der Waals surface area contributed by atoms with Gasteiger partial charge in [-0.3, -0.25) is 0 Å². The van der Waals surface area contributed by atoms with E-state index in [1.165, 1.54) is 0 Å². The smallest absolute Gasteiger partial charge is 0.215 e. The lowest BCUT2D eigenvalue weighted by Crippen LogP contribution is -2.13. The predicted molar refractivity (Wildman–Crippen MR) is 59.6 cm³/mol. The van der Waals surface area contributed by atoms with Gasteiger partial charge in [-0.1, -0.05) is 18.2 Å². The van der Waals surface area contributed by atoms with Crippen molar-refractivity contribution in [3.05, 3.63) is 53.6 Å². The number of benzene rings is 1. The maximum Gasteiger partial charge on any atom is 0.434 e. The van der Waals surface area contributed by atoms with E-state index in [1.807, 2.05) is 0 Å². The van der Waals surface area contributed by atoms with Gasteiger partial charge >= 0.3 is 12.4 Å². The van der Waals surface area contributed by atoms with E-state index in [9.17, 15) is 30.7 Å². The molecule has 0 aliphatic carbocycles. The van der Waals surface area contributed by atoms with Crippen LogP contribution in [0.1, 0.15) is 11.3 Å². The van der Waals surface area contributed by atoms with Gasteiger partial charge in [-0.2, -0.15) is 30.7 Å². The molecule has 1 aromatic carbocycles. The monoisotopic (exact) mass is 309 g/mol. The minimum absolute atomic E-state index is 0.581. The SMILES string of the molecule is Fc1ccc(-c2ccccc2C(F)(F)F)c(C(F)(F)F)n1. The van der Waals surface area contributed by atoms with Gasteiger partial charge in [0.1, 0.15) is 0 Å². The van der Waals surface area contributed by atoms with Gasteiger partial charge in [-0.25, -0.2) is 4.98 Å². The molecule has 0 saturated carbocycles. The molecule has 0 spiro atoms. The second-order valence-electron chi connectivity index (χ2n) is 4.07. The molecule has 0 atom stereocenters. The maximum absolute atomic E-state index is 12.9. The lowest BCUT2D eigenvalue weighted by atomic mass is 9.98. The van der Waals surface area contributed by atoms with Crippen molar-refractivity contribution in [2.24, 2.45) is 0 Å². The van der Waals surface area contributed by atoms with Gasteiger partial charge in [0.25, 0.3) is 0 Å². The van der Waals surface area contributed by atoms with Gasteiger partial charge in [0.05, 0.1) is 5.56 Å². The second-order valence-corrected chi connectivity index (χ2v) is 4.07. The van der Waals surface area contributed by atoms with Gasteiger partial charge in [0, 0.05) is 5.56 Å². The molecule has 0 aliphatic heterocycles. The lowest BCUT2D eigenvalue weighted by Gasteiger charge is -2.16. The van der Waals surface area contributed by atoms with Crippen molar-refractivity contribution in [1.82, 2.24) is 4.98 Å². The van der Waals surface area contributed by atoms with E-state index in [4.69, 9.17) is 0 Å². The molecule has 1 heterocycles. The zero-order chi connectivity index (χ0) is 15.8. The van der Waals surface area contributed by atoms with Gasteiger partial charge in [0.2, 0.25) is 5.95 Å². The summed E-state index contributed by atoms with van der Waals surface area (Å²) in [6, 6.07) is 4.96. The van der Waals surface area contributed by atoms with Crippen LogP contribution in [0.5, 0.6) is 0 Å². The predicted octanol–water partition coefficient (Wildman–Crippen LogP) is 4.93. The largest absolute Gasteiger partial charge is 0.434 e. The summed E-state index contributed by atoms with van der Waals surface area (Å²) in [5.74, 6) is -1.42. The average Bonchev–Trinajstić information content (AvgIpc) is 2.36. The normalized spacial score (nSPS) is 12.5. The first kappa shape index (κ1) is 15.3. The minimum atomic E-state index is -5.07. The van der Waals surface area contributed by atoms with Crippen molar-refractivity contribution in [3.8, 4) is 11.1 Å². The first-order valence-electron chi connectivity index (χ1n) is 5.51. The molecule has 2 aromatic rings. The quantitative estimate of drug-likeness (QED) is 0.538. The molecule has 112 valence electrons. The summed E-state index contributed by atoms with van der Waals surface area (Å²) in [5.41, 5.74) is -4.47. The number of halogens is 7. The third-order valence-corrected chi connectivity index (χ3v) is 2.65. The molecule has 0 unspecified atom stereocenters. The van der Waals surface area contributed by atoms with E-state index in [0.29, 0.717) is 18.2 Å². The van der Waals surface area contributed by atoms with Crippen LogP contribution >= 0.6 is 0 Å². The summed E-state index contributed by atoms with van der Waals surface area (Å²) in [7, 11) is 0. The molecule has 0 amide bonds. The Hall–Kier alpha value is -2.12. The van der Waals surface area contributed by atoms with Gasteiger partial charge < -0.3 is 0 Å². The summed E-state index contributed by atoms with van der Waals surface area (Å²) < 4.78 is 90.0. The molecule has 1 nitrogen and oxygen atoms in total. The standard InChI is InChI=1S/C13H6F7N/c14-10-6-5-8(11(21-10)13(18,19)20)7-3-1-2-4-9(7)12(15,16)17/h1-6H. The fourth-order valence-corrected chi connectivity index (χ4v) is 1.83. The first-order valence-corrected chi connectivity index (χ1v) is 5.51. The fourth-order valence-electron chi connectivity index (χ4n) is 1.83. The molecule has 0 radical (unpaired) electrons. The Labute approximate surface area is 114 Å². The van der Waals surface area contributed by atoms with Crippen LogP contribution < -0.4 is 0 Å². The Bertz CT molecular complexity index is 658. The Balaban J connectivity index is 2.75. The Morgan fingerprint density at radius 1 is 0.714 bits per heavy atom. The minimum Gasteiger partial charge on any atom is -0.215 e. The number of rotatable bonds is 1. The van der Waals surface area contributed by atoms with E-state index >= 15 is 0 Å². The number of nitrogens with zero attached hydrogens (tertiary/aromatic N) is 1. The Morgan fingerprint density at radius 3 is 1.90 bits per heavy atom. The van der Waals surface area contributed by atoms with Gasteiger partial charge in [0.15, 0.2) is 5.69 Å². The zero-order valence-corrected chi connectivity index (χ0v) is 10.1. The highest BCUT2D eigenvalue weighted by molar-refractivity contribution is 5.70. The molecule has 0 aliphatic rings. The molecule has 0 fully saturated rings. The van der Waals surface area contributed by atoms with Crippen molar-refractivity contribution in [2.45, 2.75) is 12.4 Å². The van der Waals surface area contributed by atoms with Crippen molar-refractivity contribution in [2.75, 3.05) is 0 Å². The number of alkyl halides is 6. The van der Waals surface area contributed by atoms with Crippen molar-refractivity contribution >= 4 is 0 Å². The fraction of sp³-hybridized carbons (Fsp3) is 0.154. The molecular weight excluding hydrogens is 303 g/mol. The summed E-state index contributed by atoms with van der Waals surface area (Å²) >= 11 is 0. The van der Waals surface area contributed by atoms with Crippen LogP contribution in [0, 0.1) is 5.95 Å². The molecule has 0 bridgehead atoms. The van der Waals surface area contributed by atoms with Crippen molar-refractivity contribution in [1.29, 1.82) is 0 Å². The van der Waals surface area contributed by atoms with Gasteiger partial charge in [-0.05, 0) is 23.8 Å². The molecular formula is C13H6F7N. The first-order chi connectivity index (χ1) is 9.60. The van der Waals surface area contributed by atoms with Gasteiger partial charge in [-0.15, -0.1) is 0 Å². The number of aromatic nitrogens is 1. The highest BCUT2D eigenvalue weighted by Gasteiger charge is 2.39. The van der Waals surface area contributed by atoms with Crippen LogP contribution in [0.2, 0.25) is 0 Å². The Morgan fingerprint density at radius 2 is 1.33 bits per heavy atom. The van der Waals surface area contributed by atoms with Crippen LogP contribution in [0.4, 0.5) is 30.7 Å². The van der Waals surface area contributed by atoms with Crippen LogP contribution in [0.15, 0.2) is 36.4 Å². The van der Waals surface area contributed by atoms with Crippen LogP contribution in [-0.2, 0) is 12.4 Å².